The van der Waals surface area contributed by atoms with E-state index in [4.69, 9.17) is 0 Å². The average Bonchev–Trinajstić information content (AvgIpc) is 2.59. The summed E-state index contributed by atoms with van der Waals surface area (Å²) >= 11 is 9.67. The molecule has 4 rings (SSSR count). The zero-order valence-corrected chi connectivity index (χ0v) is 13.8. The Balaban J connectivity index is 1.59. The van der Waals surface area contributed by atoms with E-state index in [1.54, 1.807) is 6.42 Å². The number of thiophene rings is 1. The quantitative estimate of drug-likeness (QED) is 0.594. The highest BCUT2D eigenvalue weighted by Crippen LogP contribution is 2.73. The van der Waals surface area contributed by atoms with Crippen LogP contribution in [-0.4, -0.2) is 0 Å². The van der Waals surface area contributed by atoms with Gasteiger partial charge in [-0.05, 0) is 77.8 Å². The lowest BCUT2D eigenvalue weighted by atomic mass is 10.00. The number of aryl methyl sites for hydroxylation is 1. The first kappa shape index (κ1) is 11.5. The predicted octanol–water partition coefficient (Wildman–Crippen LogP) is 5.55. The van der Waals surface area contributed by atoms with Crippen LogP contribution >= 0.6 is 43.2 Å². The fourth-order valence-electron chi connectivity index (χ4n) is 4.65. The van der Waals surface area contributed by atoms with Crippen LogP contribution in [0.15, 0.2) is 10.5 Å². The molecule has 3 saturated carbocycles. The first-order valence-corrected chi connectivity index (χ1v) is 9.09. The largest absolute Gasteiger partial charge is 0.143 e. The van der Waals surface area contributed by atoms with Crippen LogP contribution in [0.3, 0.4) is 0 Å². The predicted molar refractivity (Wildman–Crippen MR) is 79.7 cm³/mol. The minimum atomic E-state index is 0.606. The summed E-state index contributed by atoms with van der Waals surface area (Å²) in [4.78, 5) is 3.56. The molecule has 3 aliphatic carbocycles. The second-order valence-electron chi connectivity index (χ2n) is 6.04. The molecule has 0 amide bonds. The van der Waals surface area contributed by atoms with E-state index in [2.05, 4.69) is 44.8 Å². The van der Waals surface area contributed by atoms with Gasteiger partial charge in [-0.25, -0.2) is 0 Å². The summed E-state index contributed by atoms with van der Waals surface area (Å²) in [6.07, 6.45) is 4.59. The van der Waals surface area contributed by atoms with Crippen molar-refractivity contribution in [3.8, 4) is 0 Å². The molecule has 0 nitrogen and oxygen atoms in total. The van der Waals surface area contributed by atoms with Crippen LogP contribution in [0.4, 0.5) is 0 Å². The minimum Gasteiger partial charge on any atom is -0.143 e. The molecule has 0 radical (unpaired) electrons. The molecule has 1 heterocycles. The van der Waals surface area contributed by atoms with Gasteiger partial charge >= 0.3 is 0 Å². The van der Waals surface area contributed by atoms with Gasteiger partial charge in [-0.1, -0.05) is 15.9 Å². The van der Waals surface area contributed by atoms with Crippen molar-refractivity contribution in [3.05, 3.63) is 20.3 Å². The maximum Gasteiger partial charge on any atom is 0.0534 e. The third kappa shape index (κ3) is 1.58. The standard InChI is InChI=1S/C14H16Br2S/c1-6-4-9(15)14(17-6)13(16)12-10-7-2-3-8(5-7)11(10)12/h4,7-8,10-13H,2-3,5H2,1H3. The molecular weight excluding hydrogens is 360 g/mol. The number of halogens is 2. The molecule has 2 bridgehead atoms. The molecule has 1 aromatic heterocycles. The summed E-state index contributed by atoms with van der Waals surface area (Å²) in [6.45, 7) is 2.20. The van der Waals surface area contributed by atoms with Crippen molar-refractivity contribution >= 4 is 43.2 Å². The highest BCUT2D eigenvalue weighted by atomic mass is 79.9. The lowest BCUT2D eigenvalue weighted by Gasteiger charge is -2.13. The molecular formula is C14H16Br2S. The lowest BCUT2D eigenvalue weighted by Crippen LogP contribution is -2.03. The summed E-state index contributed by atoms with van der Waals surface area (Å²) in [6, 6.07) is 2.26. The Morgan fingerprint density at radius 1 is 1.29 bits per heavy atom. The number of alkyl halides is 1. The van der Waals surface area contributed by atoms with Crippen molar-refractivity contribution in [2.75, 3.05) is 0 Å². The number of hydrogen-bond donors (Lipinski definition) is 0. The SMILES string of the molecule is Cc1cc(Br)c(C(Br)C2C3C4CCC(C4)C32)s1. The highest BCUT2D eigenvalue weighted by Gasteiger charge is 2.66. The van der Waals surface area contributed by atoms with Crippen LogP contribution < -0.4 is 0 Å². The second kappa shape index (κ2) is 3.83. The lowest BCUT2D eigenvalue weighted by molar-refractivity contribution is 0.456. The van der Waals surface area contributed by atoms with Gasteiger partial charge < -0.3 is 0 Å². The van der Waals surface area contributed by atoms with Gasteiger partial charge in [0.25, 0.3) is 0 Å². The van der Waals surface area contributed by atoms with Gasteiger partial charge in [-0.15, -0.1) is 11.3 Å². The molecule has 3 heteroatoms. The van der Waals surface area contributed by atoms with E-state index in [1.165, 1.54) is 27.1 Å². The Morgan fingerprint density at radius 3 is 2.47 bits per heavy atom. The van der Waals surface area contributed by atoms with E-state index in [0.717, 1.165) is 29.6 Å². The van der Waals surface area contributed by atoms with Crippen LogP contribution in [-0.2, 0) is 0 Å². The van der Waals surface area contributed by atoms with Crippen molar-refractivity contribution in [1.82, 2.24) is 0 Å². The molecule has 0 aliphatic heterocycles. The van der Waals surface area contributed by atoms with Crippen molar-refractivity contribution in [2.45, 2.75) is 31.0 Å². The maximum absolute atomic E-state index is 4.00. The molecule has 3 aliphatic rings. The van der Waals surface area contributed by atoms with E-state index < -0.39 is 0 Å². The minimum absolute atomic E-state index is 0.606. The number of hydrogen-bond acceptors (Lipinski definition) is 1. The molecule has 92 valence electrons. The van der Waals surface area contributed by atoms with Crippen LogP contribution in [0, 0.1) is 36.5 Å². The van der Waals surface area contributed by atoms with Gasteiger partial charge in [0, 0.05) is 14.2 Å². The molecule has 0 aromatic carbocycles. The van der Waals surface area contributed by atoms with Gasteiger partial charge in [0.15, 0.2) is 0 Å². The molecule has 0 spiro atoms. The van der Waals surface area contributed by atoms with Gasteiger partial charge in [-0.2, -0.15) is 0 Å². The molecule has 3 fully saturated rings. The number of fused-ring (bicyclic) bond motifs is 5. The van der Waals surface area contributed by atoms with Crippen molar-refractivity contribution in [3.63, 3.8) is 0 Å². The van der Waals surface area contributed by atoms with E-state index in [-0.39, 0.29) is 0 Å². The fraction of sp³-hybridized carbons (Fsp3) is 0.714. The first-order chi connectivity index (χ1) is 8.16. The monoisotopic (exact) mass is 374 g/mol. The smallest absolute Gasteiger partial charge is 0.0534 e. The van der Waals surface area contributed by atoms with Crippen molar-refractivity contribution in [1.29, 1.82) is 0 Å². The van der Waals surface area contributed by atoms with E-state index in [0.29, 0.717) is 4.83 Å². The Morgan fingerprint density at radius 2 is 1.94 bits per heavy atom. The van der Waals surface area contributed by atoms with Gasteiger partial charge in [-0.3, -0.25) is 0 Å². The molecule has 5 unspecified atom stereocenters. The Hall–Kier alpha value is 0.660. The number of rotatable bonds is 2. The summed E-state index contributed by atoms with van der Waals surface area (Å²) in [5.74, 6) is 5.22. The summed E-state index contributed by atoms with van der Waals surface area (Å²) in [5, 5.41) is 0. The van der Waals surface area contributed by atoms with Crippen LogP contribution in [0.2, 0.25) is 0 Å². The zero-order chi connectivity index (χ0) is 11.7. The summed E-state index contributed by atoms with van der Waals surface area (Å²) in [5.41, 5.74) is 0. The summed E-state index contributed by atoms with van der Waals surface area (Å²) < 4.78 is 1.32. The van der Waals surface area contributed by atoms with Gasteiger partial charge in [0.1, 0.15) is 0 Å². The molecule has 1 aromatic rings. The van der Waals surface area contributed by atoms with Gasteiger partial charge in [0.2, 0.25) is 0 Å². The third-order valence-electron chi connectivity index (χ3n) is 5.22. The van der Waals surface area contributed by atoms with Crippen LogP contribution in [0.1, 0.15) is 33.8 Å². The third-order valence-corrected chi connectivity index (χ3v) is 8.64. The summed E-state index contributed by atoms with van der Waals surface area (Å²) in [7, 11) is 0. The molecule has 0 saturated heterocycles. The Kier molecular flexibility index (Phi) is 2.59. The van der Waals surface area contributed by atoms with Gasteiger partial charge in [0.05, 0.1) is 4.83 Å². The average molecular weight is 376 g/mol. The molecule has 17 heavy (non-hydrogen) atoms. The normalized spacial score (nSPS) is 43.8. The van der Waals surface area contributed by atoms with Crippen LogP contribution in [0.25, 0.3) is 0 Å². The molecule has 5 atom stereocenters. The van der Waals surface area contributed by atoms with E-state index >= 15 is 0 Å². The fourth-order valence-corrected chi connectivity index (χ4v) is 8.12. The Labute approximate surface area is 123 Å². The van der Waals surface area contributed by atoms with Crippen LogP contribution in [0.5, 0.6) is 0 Å². The van der Waals surface area contributed by atoms with Crippen molar-refractivity contribution in [2.24, 2.45) is 29.6 Å². The van der Waals surface area contributed by atoms with Crippen molar-refractivity contribution < 1.29 is 0 Å². The second-order valence-corrected chi connectivity index (χ2v) is 9.17. The topological polar surface area (TPSA) is 0 Å². The first-order valence-electron chi connectivity index (χ1n) is 6.56. The maximum atomic E-state index is 4.00. The molecule has 0 N–H and O–H groups in total. The Bertz CT molecular complexity index is 451. The van der Waals surface area contributed by atoms with E-state index in [1.807, 2.05) is 11.3 Å². The highest BCUT2D eigenvalue weighted by molar-refractivity contribution is 9.11. The van der Waals surface area contributed by atoms with E-state index in [9.17, 15) is 0 Å². The zero-order valence-electron chi connectivity index (χ0n) is 9.83.